The topological polar surface area (TPSA) is 52.6 Å². The minimum Gasteiger partial charge on any atom is -0.478 e. The summed E-state index contributed by atoms with van der Waals surface area (Å²) < 4.78 is 27.6. The SMILES string of the molecule is CN(C)C1(CNc2c(F)cc(C(=O)O)cc2F)CCC1. The van der Waals surface area contributed by atoms with Crippen LogP contribution in [0, 0.1) is 11.6 Å². The third-order valence-electron chi connectivity index (χ3n) is 4.12. The molecule has 1 fully saturated rings. The Morgan fingerprint density at radius 2 is 1.90 bits per heavy atom. The summed E-state index contributed by atoms with van der Waals surface area (Å²) in [7, 11) is 3.89. The maximum Gasteiger partial charge on any atom is 0.335 e. The maximum atomic E-state index is 13.8. The standard InChI is InChI=1S/C14H18F2N2O2/c1-18(2)14(4-3-5-14)8-17-12-10(15)6-9(13(19)20)7-11(12)16/h6-7,17H,3-5,8H2,1-2H3,(H,19,20). The number of anilines is 1. The Bertz CT molecular complexity index is 505. The van der Waals surface area contributed by atoms with Crippen molar-refractivity contribution in [3.8, 4) is 0 Å². The molecule has 0 heterocycles. The summed E-state index contributed by atoms with van der Waals surface area (Å²) in [6, 6.07) is 1.66. The lowest BCUT2D eigenvalue weighted by Gasteiger charge is -2.47. The first kappa shape index (κ1) is 14.7. The minimum atomic E-state index is -1.35. The van der Waals surface area contributed by atoms with Gasteiger partial charge in [-0.1, -0.05) is 0 Å². The number of likely N-dealkylation sites (N-methyl/N-ethyl adjacent to an activating group) is 1. The number of rotatable bonds is 5. The van der Waals surface area contributed by atoms with E-state index in [1.165, 1.54) is 0 Å². The molecule has 2 rings (SSSR count). The smallest absolute Gasteiger partial charge is 0.335 e. The number of carboxylic acid groups (broad SMARTS) is 1. The number of halogens is 2. The van der Waals surface area contributed by atoms with E-state index in [2.05, 4.69) is 10.2 Å². The number of hydrogen-bond donors (Lipinski definition) is 2. The van der Waals surface area contributed by atoms with Crippen LogP contribution in [0.1, 0.15) is 29.6 Å². The number of carbonyl (C=O) groups is 1. The van der Waals surface area contributed by atoms with Crippen LogP contribution in [0.5, 0.6) is 0 Å². The molecular formula is C14H18F2N2O2. The molecule has 4 nitrogen and oxygen atoms in total. The quantitative estimate of drug-likeness (QED) is 0.872. The van der Waals surface area contributed by atoms with Gasteiger partial charge >= 0.3 is 5.97 Å². The van der Waals surface area contributed by atoms with Crippen LogP contribution >= 0.6 is 0 Å². The Hall–Kier alpha value is -1.69. The monoisotopic (exact) mass is 284 g/mol. The molecule has 0 spiro atoms. The Kier molecular flexibility index (Phi) is 3.94. The summed E-state index contributed by atoms with van der Waals surface area (Å²) in [4.78, 5) is 12.8. The molecule has 1 saturated carbocycles. The van der Waals surface area contributed by atoms with Gasteiger partial charge in [0.15, 0.2) is 0 Å². The second-order valence-corrected chi connectivity index (χ2v) is 5.45. The van der Waals surface area contributed by atoms with Crippen molar-refractivity contribution in [2.24, 2.45) is 0 Å². The first-order valence-corrected chi connectivity index (χ1v) is 6.49. The van der Waals surface area contributed by atoms with Crippen LogP contribution in [0.3, 0.4) is 0 Å². The average molecular weight is 284 g/mol. The molecule has 0 aliphatic heterocycles. The maximum absolute atomic E-state index is 13.8. The highest BCUT2D eigenvalue weighted by atomic mass is 19.1. The Labute approximate surface area is 116 Å². The Balaban J connectivity index is 2.16. The van der Waals surface area contributed by atoms with Crippen molar-refractivity contribution >= 4 is 11.7 Å². The molecule has 1 aliphatic carbocycles. The highest BCUT2D eigenvalue weighted by Gasteiger charge is 2.39. The highest BCUT2D eigenvalue weighted by molar-refractivity contribution is 5.88. The van der Waals surface area contributed by atoms with E-state index in [1.54, 1.807) is 0 Å². The predicted molar refractivity (Wildman–Crippen MR) is 72.1 cm³/mol. The fourth-order valence-electron chi connectivity index (χ4n) is 2.49. The summed E-state index contributed by atoms with van der Waals surface area (Å²) in [5.74, 6) is -3.11. The molecule has 1 aliphatic rings. The third kappa shape index (κ3) is 2.60. The molecule has 0 radical (unpaired) electrons. The van der Waals surface area contributed by atoms with Crippen molar-refractivity contribution in [3.05, 3.63) is 29.3 Å². The van der Waals surface area contributed by atoms with Crippen molar-refractivity contribution in [2.75, 3.05) is 26.0 Å². The molecule has 1 aromatic rings. The van der Waals surface area contributed by atoms with Crippen LogP contribution in [0.2, 0.25) is 0 Å². The number of hydrogen-bond acceptors (Lipinski definition) is 3. The van der Waals surface area contributed by atoms with E-state index in [0.717, 1.165) is 31.4 Å². The van der Waals surface area contributed by atoms with E-state index in [0.29, 0.717) is 6.54 Å². The van der Waals surface area contributed by atoms with Crippen LogP contribution in [-0.4, -0.2) is 42.2 Å². The zero-order valence-electron chi connectivity index (χ0n) is 11.5. The van der Waals surface area contributed by atoms with Crippen LogP contribution in [0.4, 0.5) is 14.5 Å². The van der Waals surface area contributed by atoms with Gasteiger partial charge in [-0.05, 0) is 45.5 Å². The molecule has 2 N–H and O–H groups in total. The third-order valence-corrected chi connectivity index (χ3v) is 4.12. The lowest BCUT2D eigenvalue weighted by atomic mass is 9.75. The minimum absolute atomic E-state index is 0.0790. The molecule has 0 bridgehead atoms. The number of benzene rings is 1. The van der Waals surface area contributed by atoms with Crippen LogP contribution in [0.15, 0.2) is 12.1 Å². The lowest BCUT2D eigenvalue weighted by molar-refractivity contribution is 0.0695. The van der Waals surface area contributed by atoms with Crippen molar-refractivity contribution in [1.29, 1.82) is 0 Å². The van der Waals surface area contributed by atoms with Crippen molar-refractivity contribution in [2.45, 2.75) is 24.8 Å². The van der Waals surface area contributed by atoms with E-state index >= 15 is 0 Å². The van der Waals surface area contributed by atoms with Gasteiger partial charge in [-0.15, -0.1) is 0 Å². The largest absolute Gasteiger partial charge is 0.478 e. The van der Waals surface area contributed by atoms with Gasteiger partial charge in [0.05, 0.1) is 5.56 Å². The first-order valence-electron chi connectivity index (χ1n) is 6.49. The fraction of sp³-hybridized carbons (Fsp3) is 0.500. The van der Waals surface area contributed by atoms with Gasteiger partial charge in [-0.25, -0.2) is 13.6 Å². The molecule has 6 heteroatoms. The molecule has 0 saturated heterocycles. The summed E-state index contributed by atoms with van der Waals surface area (Å²) in [6.45, 7) is 0.431. The number of carboxylic acids is 1. The fourth-order valence-corrected chi connectivity index (χ4v) is 2.49. The molecule has 0 aromatic heterocycles. The van der Waals surface area contributed by atoms with Gasteiger partial charge in [-0.2, -0.15) is 0 Å². The van der Waals surface area contributed by atoms with Crippen LogP contribution < -0.4 is 5.32 Å². The molecule has 20 heavy (non-hydrogen) atoms. The van der Waals surface area contributed by atoms with Crippen molar-refractivity contribution in [1.82, 2.24) is 4.90 Å². The number of nitrogens with one attached hydrogen (secondary N) is 1. The Morgan fingerprint density at radius 1 is 1.35 bits per heavy atom. The normalized spacial score (nSPS) is 16.9. The van der Waals surface area contributed by atoms with Gasteiger partial charge in [-0.3, -0.25) is 0 Å². The van der Waals surface area contributed by atoms with Crippen LogP contribution in [0.25, 0.3) is 0 Å². The van der Waals surface area contributed by atoms with E-state index in [4.69, 9.17) is 5.11 Å². The zero-order chi connectivity index (χ0) is 14.9. The molecule has 0 unspecified atom stereocenters. The zero-order valence-corrected chi connectivity index (χ0v) is 11.5. The second-order valence-electron chi connectivity index (χ2n) is 5.45. The summed E-state index contributed by atoms with van der Waals surface area (Å²) >= 11 is 0. The van der Waals surface area contributed by atoms with E-state index in [1.807, 2.05) is 14.1 Å². The summed E-state index contributed by atoms with van der Waals surface area (Å²) in [6.07, 6.45) is 3.05. The molecular weight excluding hydrogens is 266 g/mol. The number of nitrogens with zero attached hydrogens (tertiary/aromatic N) is 1. The van der Waals surface area contributed by atoms with Crippen LogP contribution in [-0.2, 0) is 0 Å². The average Bonchev–Trinajstić information content (AvgIpc) is 2.29. The van der Waals surface area contributed by atoms with Gasteiger partial charge in [0.25, 0.3) is 0 Å². The van der Waals surface area contributed by atoms with Crippen molar-refractivity contribution in [3.63, 3.8) is 0 Å². The highest BCUT2D eigenvalue weighted by Crippen LogP contribution is 2.36. The molecule has 1 aromatic carbocycles. The summed E-state index contributed by atoms with van der Waals surface area (Å²) in [5.41, 5.74) is -0.732. The molecule has 0 atom stereocenters. The Morgan fingerprint density at radius 3 is 2.25 bits per heavy atom. The van der Waals surface area contributed by atoms with Gasteiger partial charge in [0.1, 0.15) is 17.3 Å². The van der Waals surface area contributed by atoms with Gasteiger partial charge in [0.2, 0.25) is 0 Å². The van der Waals surface area contributed by atoms with Gasteiger partial charge < -0.3 is 15.3 Å². The second kappa shape index (κ2) is 5.36. The predicted octanol–water partition coefficient (Wildman–Crippen LogP) is 2.56. The van der Waals surface area contributed by atoms with E-state index < -0.39 is 23.2 Å². The lowest BCUT2D eigenvalue weighted by Crippen LogP contribution is -2.54. The summed E-state index contributed by atoms with van der Waals surface area (Å²) in [5, 5.41) is 11.5. The van der Waals surface area contributed by atoms with Crippen molar-refractivity contribution < 1.29 is 18.7 Å². The van der Waals surface area contributed by atoms with Gasteiger partial charge in [0, 0.05) is 12.1 Å². The molecule has 110 valence electrons. The first-order chi connectivity index (χ1) is 9.35. The molecule has 0 amide bonds. The van der Waals surface area contributed by atoms with E-state index in [-0.39, 0.29) is 11.2 Å². The van der Waals surface area contributed by atoms with E-state index in [9.17, 15) is 13.6 Å². The number of aromatic carboxylic acids is 1.